The lowest BCUT2D eigenvalue weighted by molar-refractivity contribution is -0.162. The Morgan fingerprint density at radius 1 is 0.798 bits per heavy atom. The van der Waals surface area contributed by atoms with Crippen molar-refractivity contribution in [2.24, 2.45) is 17.8 Å². The van der Waals surface area contributed by atoms with Crippen LogP contribution in [0.15, 0.2) is 34.4 Å². The zero-order valence-electron chi connectivity index (χ0n) is 52.0. The van der Waals surface area contributed by atoms with Crippen molar-refractivity contribution in [1.29, 1.82) is 5.26 Å². The summed E-state index contributed by atoms with van der Waals surface area (Å²) in [5.74, 6) is 0.648. The quantitative estimate of drug-likeness (QED) is 0.0154. The first-order valence-corrected chi connectivity index (χ1v) is 31.3. The summed E-state index contributed by atoms with van der Waals surface area (Å²) in [5, 5.41) is 47.5. The zero-order chi connectivity index (χ0) is 67.2. The SMILES string of the molecule is CC(C)C(=O)N(C)O.CC(C)C(=O)NC#N.CC(C)C(=O)c1nn[nH]n1.CC(C)S(=O)(=O)O.CC(C)S(C)(=O)=O.CC(C)c1cc(=O)[nH]o1.CC(C)c1no[nH]c1=O.CC(C)c1ns[nH]c1=O.CC(C)n1nn[nH]c1=O.COP(=O)(O)C(C)C. The van der Waals surface area contributed by atoms with Crippen LogP contribution in [0.5, 0.6) is 0 Å². The van der Waals surface area contributed by atoms with Crippen LogP contribution < -0.4 is 27.7 Å². The summed E-state index contributed by atoms with van der Waals surface area (Å²) in [6.45, 7) is 35.3. The number of hydrogen-bond donors (Lipinski definition) is 9. The average Bonchev–Trinajstić information content (AvgIpc) is 4.25. The Bertz CT molecular complexity index is 2950. The van der Waals surface area contributed by atoms with E-state index in [1.165, 1.54) is 45.0 Å². The van der Waals surface area contributed by atoms with Crippen LogP contribution in [0.4, 0.5) is 0 Å². The smallest absolute Gasteiger partial charge is 0.361 e. The van der Waals surface area contributed by atoms with Gasteiger partial charge < -0.3 is 13.9 Å². The molecule has 1 atom stereocenters. The number of amides is 2. The van der Waals surface area contributed by atoms with Gasteiger partial charge in [0.1, 0.15) is 21.3 Å². The minimum absolute atomic E-state index is 0.0463. The predicted molar refractivity (Wildman–Crippen MR) is 312 cm³/mol. The standard InChI is InChI=1S/C6H9NO2.C5H8N4O.C5H8N2O2.C5H8N2OS.C5H8N2O.C5H11NO2.C4H8N4O.C4H11O3P.C4H10O2S.C3H8O3S/c1-4(2)5-3-6(8)7-9-5;1-3(2)4(10)5-6-8-9-7-5;2*1-3(2)4-5(8)7-9-6-4;1-4(2)5(8)7-3-6;1-4(2)5(7)6(3)8;1-3(2)8-4(9)5-6-7-8;1-4(2)8(5,6)7-3;1-4(2)7(3,5)6;1-3(2)7(4,5)6/h3-4H,1-2H3,(H,7,8);3H,1-2H3,(H,6,7,8,9);2*3H,1-2H3,(H,7,8);4H,1-2H3,(H,7,8);4,8H,1-3H3;3H,1-2H3,(H,5,7,9);4H,1-3H3,(H,5,6);4H,1-3H3;3H,1-2H3,(H,4,5,6). The van der Waals surface area contributed by atoms with Gasteiger partial charge in [0, 0.05) is 73.7 Å². The molecule has 0 aliphatic rings. The van der Waals surface area contributed by atoms with Crippen LogP contribution in [0, 0.1) is 29.2 Å². The molecule has 38 heteroatoms. The maximum atomic E-state index is 11.0. The highest BCUT2D eigenvalue weighted by Gasteiger charge is 2.21. The summed E-state index contributed by atoms with van der Waals surface area (Å²) >= 11 is 1.11. The van der Waals surface area contributed by atoms with Gasteiger partial charge in [-0.2, -0.15) is 38.3 Å². The number of sulfone groups is 1. The fourth-order valence-electron chi connectivity index (χ4n) is 3.58. The number of nitrogens with zero attached hydrogens (tertiary/aromatic N) is 10. The van der Waals surface area contributed by atoms with Crippen molar-refractivity contribution in [3.63, 3.8) is 0 Å². The minimum atomic E-state index is -3.74. The van der Waals surface area contributed by atoms with E-state index in [4.69, 9.17) is 24.4 Å². The van der Waals surface area contributed by atoms with E-state index in [9.17, 15) is 55.0 Å². The lowest BCUT2D eigenvalue weighted by Crippen LogP contribution is -2.26. The Kier molecular flexibility index (Phi) is 45.0. The van der Waals surface area contributed by atoms with Gasteiger partial charge in [0.25, 0.3) is 21.2 Å². The van der Waals surface area contributed by atoms with Crippen LogP contribution >= 0.6 is 19.3 Å². The predicted octanol–water partition coefficient (Wildman–Crippen LogP) is 4.80. The van der Waals surface area contributed by atoms with Crippen molar-refractivity contribution in [3.05, 3.63) is 70.6 Å². The first kappa shape index (κ1) is 86.1. The molecule has 0 aliphatic heterocycles. The lowest BCUT2D eigenvalue weighted by atomic mass is 10.1. The fraction of sp³-hybridized carbons (Fsp3) is 0.717. The van der Waals surface area contributed by atoms with Crippen molar-refractivity contribution < 1.29 is 64.1 Å². The van der Waals surface area contributed by atoms with Crippen molar-refractivity contribution >= 4 is 56.9 Å². The monoisotopic (exact) mass is 1280 g/mol. The molecule has 0 radical (unpaired) electrons. The number of H-pyrrole nitrogens is 5. The van der Waals surface area contributed by atoms with Gasteiger partial charge in [-0.25, -0.2) is 23.4 Å². The second-order valence-corrected chi connectivity index (χ2v) is 27.6. The largest absolute Gasteiger partial charge is 0.383 e. The highest BCUT2D eigenvalue weighted by molar-refractivity contribution is 7.91. The number of aromatic nitrogens is 13. The van der Waals surface area contributed by atoms with Gasteiger partial charge in [-0.3, -0.25) is 57.4 Å². The Morgan fingerprint density at radius 2 is 1.30 bits per heavy atom. The van der Waals surface area contributed by atoms with Crippen LogP contribution in [-0.2, 0) is 38.6 Å². The Hall–Kier alpha value is -6.68. The van der Waals surface area contributed by atoms with Crippen molar-refractivity contribution in [2.75, 3.05) is 20.4 Å². The molecule has 5 aromatic heterocycles. The van der Waals surface area contributed by atoms with Gasteiger partial charge in [-0.15, -0.1) is 10.2 Å². The molecular weight excluding hydrogens is 1190 g/mol. The van der Waals surface area contributed by atoms with Crippen LogP contribution in [0.25, 0.3) is 0 Å². The van der Waals surface area contributed by atoms with Gasteiger partial charge >= 0.3 is 18.8 Å². The molecule has 0 spiro atoms. The molecule has 0 saturated carbocycles. The molecule has 0 saturated heterocycles. The number of aromatic amines is 5. The number of tetrazole rings is 2. The maximum absolute atomic E-state index is 11.0. The molecule has 1 unspecified atom stereocenters. The number of rotatable bonds is 12. The highest BCUT2D eigenvalue weighted by atomic mass is 32.2. The minimum Gasteiger partial charge on any atom is -0.383 e. The second kappa shape index (κ2) is 43.9. The molecule has 0 bridgehead atoms. The summed E-state index contributed by atoms with van der Waals surface area (Å²) in [4.78, 5) is 83.2. The Labute approximate surface area is 493 Å². The molecule has 5 rings (SSSR count). The Balaban J connectivity index is -0.000000276. The summed E-state index contributed by atoms with van der Waals surface area (Å²) in [6.07, 6.45) is 2.78. The summed E-state index contributed by atoms with van der Waals surface area (Å²) < 4.78 is 80.2. The maximum Gasteiger partial charge on any atom is 0.361 e. The van der Waals surface area contributed by atoms with E-state index in [0.29, 0.717) is 22.2 Å². The summed E-state index contributed by atoms with van der Waals surface area (Å²) in [7, 11) is -7.17. The fourth-order valence-corrected chi connectivity index (χ4v) is 4.63. The molecule has 84 heavy (non-hydrogen) atoms. The number of carbonyl (C=O) groups excluding carboxylic acids is 3. The van der Waals surface area contributed by atoms with E-state index >= 15 is 0 Å². The number of hydrogen-bond acceptors (Lipinski definition) is 25. The number of Topliss-reactive ketones (excluding diaryl/α,β-unsaturated/α-hetero) is 1. The summed E-state index contributed by atoms with van der Waals surface area (Å²) in [5.41, 5.74) is 0.0891. The van der Waals surface area contributed by atoms with Gasteiger partial charge in [-0.05, 0) is 57.2 Å². The molecule has 0 aromatic carbocycles. The van der Waals surface area contributed by atoms with Crippen LogP contribution in [-0.4, -0.2) is 156 Å². The topological polar surface area (TPSA) is 514 Å². The van der Waals surface area contributed by atoms with E-state index in [-0.39, 0.29) is 98.2 Å². The first-order chi connectivity index (χ1) is 38.2. The van der Waals surface area contributed by atoms with Gasteiger partial charge in [0.15, 0.2) is 11.9 Å². The van der Waals surface area contributed by atoms with Gasteiger partial charge in [-0.1, -0.05) is 102 Å². The highest BCUT2D eigenvalue weighted by Crippen LogP contribution is 2.45. The average molecular weight is 1280 g/mol. The molecule has 484 valence electrons. The third kappa shape index (κ3) is 42.2. The molecular formula is C46H89N16O18PS3. The molecule has 9 N–H and O–H groups in total. The van der Waals surface area contributed by atoms with Crippen molar-refractivity contribution in [2.45, 2.75) is 178 Å². The van der Waals surface area contributed by atoms with E-state index in [2.05, 4.69) is 69.5 Å². The zero-order valence-corrected chi connectivity index (χ0v) is 55.3. The number of hydroxylamine groups is 2. The molecule has 0 fully saturated rings. The van der Waals surface area contributed by atoms with E-state index in [1.54, 1.807) is 75.4 Å². The van der Waals surface area contributed by atoms with Crippen LogP contribution in [0.3, 0.4) is 0 Å². The van der Waals surface area contributed by atoms with E-state index in [1.807, 2.05) is 60.7 Å². The number of nitriles is 1. The van der Waals surface area contributed by atoms with Gasteiger partial charge in [0.2, 0.25) is 23.4 Å². The Morgan fingerprint density at radius 3 is 1.45 bits per heavy atom. The molecule has 0 aliphatic carbocycles. The third-order valence-electron chi connectivity index (χ3n) is 9.19. The number of ketones is 1. The lowest BCUT2D eigenvalue weighted by Gasteiger charge is -2.10. The molecule has 34 nitrogen and oxygen atoms in total. The van der Waals surface area contributed by atoms with E-state index < -0.39 is 32.8 Å². The summed E-state index contributed by atoms with van der Waals surface area (Å²) in [6, 6.07) is 1.54. The number of nitrogens with one attached hydrogen (secondary N) is 6. The van der Waals surface area contributed by atoms with E-state index in [0.717, 1.165) is 11.7 Å². The van der Waals surface area contributed by atoms with Crippen molar-refractivity contribution in [1.82, 2.24) is 75.4 Å². The molecule has 5 heterocycles. The first-order valence-electron chi connectivity index (χ1n) is 25.4. The molecule has 2 amide bonds. The third-order valence-corrected chi connectivity index (χ3v) is 14.5. The number of carbonyl (C=O) groups is 3. The normalized spacial score (nSPS) is 11.3. The molecule has 5 aromatic rings. The van der Waals surface area contributed by atoms with Crippen LogP contribution in [0.1, 0.15) is 190 Å². The van der Waals surface area contributed by atoms with Crippen LogP contribution in [0.2, 0.25) is 0 Å². The van der Waals surface area contributed by atoms with Gasteiger partial charge in [0.05, 0.1) is 22.2 Å². The second-order valence-electron chi connectivity index (χ2n) is 19.9. The van der Waals surface area contributed by atoms with Crippen molar-refractivity contribution in [3.8, 4) is 6.19 Å².